The summed E-state index contributed by atoms with van der Waals surface area (Å²) in [6.07, 6.45) is 0. The zero-order valence-corrected chi connectivity index (χ0v) is 20.1. The van der Waals surface area contributed by atoms with Gasteiger partial charge in [0.2, 0.25) is 5.91 Å². The predicted molar refractivity (Wildman–Crippen MR) is 137 cm³/mol. The van der Waals surface area contributed by atoms with E-state index in [9.17, 15) is 9.59 Å². The molecule has 0 aliphatic rings. The summed E-state index contributed by atoms with van der Waals surface area (Å²) in [5.41, 5.74) is 3.96. The molecule has 166 valence electrons. The van der Waals surface area contributed by atoms with E-state index in [-0.39, 0.29) is 17.6 Å². The molecule has 0 atom stereocenters. The first-order valence-electron chi connectivity index (χ1n) is 10.1. The fraction of sp³-hybridized carbons (Fsp3) is 0.0800. The van der Waals surface area contributed by atoms with Crippen molar-refractivity contribution < 1.29 is 9.59 Å². The molecule has 0 bridgehead atoms. The molecule has 0 fully saturated rings. The van der Waals surface area contributed by atoms with Crippen LogP contribution in [0.1, 0.15) is 15.9 Å². The van der Waals surface area contributed by atoms with Crippen LogP contribution in [0.3, 0.4) is 0 Å². The minimum absolute atomic E-state index is 0.147. The first kappa shape index (κ1) is 23.0. The van der Waals surface area contributed by atoms with Gasteiger partial charge in [-0.15, -0.1) is 23.1 Å². The quantitative estimate of drug-likeness (QED) is 0.279. The predicted octanol–water partition coefficient (Wildman–Crippen LogP) is 6.76. The first-order chi connectivity index (χ1) is 16.0. The van der Waals surface area contributed by atoms with E-state index in [1.165, 1.54) is 23.1 Å². The van der Waals surface area contributed by atoms with Crippen molar-refractivity contribution in [1.29, 1.82) is 0 Å². The van der Waals surface area contributed by atoms with E-state index >= 15 is 0 Å². The summed E-state index contributed by atoms with van der Waals surface area (Å²) in [7, 11) is 0. The smallest absolute Gasteiger partial charge is 0.255 e. The number of carbonyl (C=O) groups is 2. The summed E-state index contributed by atoms with van der Waals surface area (Å²) in [6.45, 7) is 1.90. The number of hydrogen-bond donors (Lipinski definition) is 2. The molecule has 2 amide bonds. The number of thiazole rings is 1. The lowest BCUT2D eigenvalue weighted by atomic mass is 10.1. The minimum Gasteiger partial charge on any atom is -0.322 e. The molecule has 1 heterocycles. The van der Waals surface area contributed by atoms with Crippen molar-refractivity contribution in [1.82, 2.24) is 4.98 Å². The maximum Gasteiger partial charge on any atom is 0.255 e. The number of nitrogens with zero attached hydrogens (tertiary/aromatic N) is 1. The van der Waals surface area contributed by atoms with Gasteiger partial charge < -0.3 is 10.6 Å². The van der Waals surface area contributed by atoms with Crippen molar-refractivity contribution in [2.24, 2.45) is 0 Å². The number of aromatic nitrogens is 1. The van der Waals surface area contributed by atoms with E-state index in [4.69, 9.17) is 11.6 Å². The van der Waals surface area contributed by atoms with Gasteiger partial charge in [0.15, 0.2) is 5.13 Å². The Hall–Kier alpha value is -3.13. The largest absolute Gasteiger partial charge is 0.322 e. The minimum atomic E-state index is -0.159. The number of hydrogen-bond acceptors (Lipinski definition) is 5. The SMILES string of the molecule is Cc1ccccc1C(=O)Nc1cccc(SCC(=O)Nc2nc(-c3ccc(Cl)cc3)cs2)c1. The highest BCUT2D eigenvalue weighted by atomic mass is 35.5. The molecule has 0 aliphatic carbocycles. The summed E-state index contributed by atoms with van der Waals surface area (Å²) >= 11 is 8.70. The Morgan fingerprint density at radius 1 is 1.00 bits per heavy atom. The van der Waals surface area contributed by atoms with E-state index in [0.717, 1.165) is 21.7 Å². The number of benzene rings is 3. The summed E-state index contributed by atoms with van der Waals surface area (Å²) in [5.74, 6) is -0.0787. The van der Waals surface area contributed by atoms with Gasteiger partial charge in [-0.05, 0) is 48.9 Å². The number of anilines is 2. The number of halogens is 1. The Morgan fingerprint density at radius 3 is 2.58 bits per heavy atom. The zero-order valence-electron chi connectivity index (χ0n) is 17.7. The zero-order chi connectivity index (χ0) is 23.2. The van der Waals surface area contributed by atoms with Crippen LogP contribution in [0.2, 0.25) is 5.02 Å². The van der Waals surface area contributed by atoms with Crippen LogP contribution in [0, 0.1) is 6.92 Å². The van der Waals surface area contributed by atoms with E-state index in [0.29, 0.717) is 21.4 Å². The van der Waals surface area contributed by atoms with Crippen LogP contribution in [0.4, 0.5) is 10.8 Å². The van der Waals surface area contributed by atoms with Gasteiger partial charge in [0.05, 0.1) is 11.4 Å². The first-order valence-corrected chi connectivity index (χ1v) is 12.3. The second-order valence-corrected chi connectivity index (χ2v) is 9.52. The van der Waals surface area contributed by atoms with Crippen LogP contribution < -0.4 is 10.6 Å². The standard InChI is InChI=1S/C25H20ClN3O2S2/c1-16-5-2-3-8-21(16)24(31)27-19-6-4-7-20(13-19)32-15-23(30)29-25-28-22(14-33-25)17-9-11-18(26)12-10-17/h2-14H,15H2,1H3,(H,27,31)(H,28,29,30). The molecule has 0 aliphatic heterocycles. The van der Waals surface area contributed by atoms with Crippen LogP contribution in [0.15, 0.2) is 83.1 Å². The highest BCUT2D eigenvalue weighted by Crippen LogP contribution is 2.27. The number of amides is 2. The number of carbonyl (C=O) groups excluding carboxylic acids is 2. The number of rotatable bonds is 7. The van der Waals surface area contributed by atoms with Gasteiger partial charge in [0, 0.05) is 32.1 Å². The number of nitrogens with one attached hydrogen (secondary N) is 2. The molecule has 4 rings (SSSR count). The molecule has 2 N–H and O–H groups in total. The van der Waals surface area contributed by atoms with Gasteiger partial charge in [-0.3, -0.25) is 9.59 Å². The van der Waals surface area contributed by atoms with Gasteiger partial charge in [0.1, 0.15) is 0 Å². The Morgan fingerprint density at radius 2 is 1.79 bits per heavy atom. The fourth-order valence-electron chi connectivity index (χ4n) is 3.08. The average molecular weight is 494 g/mol. The van der Waals surface area contributed by atoms with Crippen molar-refractivity contribution >= 4 is 57.3 Å². The lowest BCUT2D eigenvalue weighted by Gasteiger charge is -2.09. The van der Waals surface area contributed by atoms with Crippen LogP contribution >= 0.6 is 34.7 Å². The van der Waals surface area contributed by atoms with E-state index in [1.54, 1.807) is 6.07 Å². The molecule has 0 radical (unpaired) electrons. The molecule has 0 saturated carbocycles. The second-order valence-electron chi connectivity index (χ2n) is 7.18. The Balaban J connectivity index is 1.32. The van der Waals surface area contributed by atoms with E-state index in [1.807, 2.05) is 79.0 Å². The highest BCUT2D eigenvalue weighted by Gasteiger charge is 2.11. The molecule has 0 spiro atoms. The van der Waals surface area contributed by atoms with Crippen molar-refractivity contribution in [3.63, 3.8) is 0 Å². The summed E-state index contributed by atoms with van der Waals surface area (Å²) < 4.78 is 0. The molecule has 0 unspecified atom stereocenters. The summed E-state index contributed by atoms with van der Waals surface area (Å²) in [4.78, 5) is 30.3. The van der Waals surface area contributed by atoms with Gasteiger partial charge in [-0.25, -0.2) is 4.98 Å². The third-order valence-corrected chi connectivity index (χ3v) is 6.75. The lowest BCUT2D eigenvalue weighted by molar-refractivity contribution is -0.113. The Bertz CT molecular complexity index is 1290. The molecule has 0 saturated heterocycles. The molecule has 33 heavy (non-hydrogen) atoms. The molecule has 5 nitrogen and oxygen atoms in total. The highest BCUT2D eigenvalue weighted by molar-refractivity contribution is 8.00. The monoisotopic (exact) mass is 493 g/mol. The summed E-state index contributed by atoms with van der Waals surface area (Å²) in [6, 6.07) is 22.3. The van der Waals surface area contributed by atoms with Crippen molar-refractivity contribution in [2.45, 2.75) is 11.8 Å². The van der Waals surface area contributed by atoms with E-state index < -0.39 is 0 Å². The van der Waals surface area contributed by atoms with Crippen LogP contribution in [0.25, 0.3) is 11.3 Å². The molecular weight excluding hydrogens is 474 g/mol. The van der Waals surface area contributed by atoms with Gasteiger partial charge in [0.25, 0.3) is 5.91 Å². The number of aryl methyl sites for hydroxylation is 1. The van der Waals surface area contributed by atoms with Crippen LogP contribution in [0.5, 0.6) is 0 Å². The van der Waals surface area contributed by atoms with Crippen molar-refractivity contribution in [3.8, 4) is 11.3 Å². The van der Waals surface area contributed by atoms with Crippen molar-refractivity contribution in [3.05, 3.63) is 94.3 Å². The lowest BCUT2D eigenvalue weighted by Crippen LogP contribution is -2.14. The van der Waals surface area contributed by atoms with Crippen LogP contribution in [-0.2, 0) is 4.79 Å². The molecule has 4 aromatic rings. The Labute approximate surface area is 205 Å². The Kier molecular flexibility index (Phi) is 7.44. The third kappa shape index (κ3) is 6.22. The normalized spacial score (nSPS) is 10.6. The molecule has 1 aromatic heterocycles. The third-order valence-electron chi connectivity index (χ3n) is 4.74. The second kappa shape index (κ2) is 10.7. The summed E-state index contributed by atoms with van der Waals surface area (Å²) in [5, 5.41) is 8.87. The maximum atomic E-state index is 12.5. The van der Waals surface area contributed by atoms with Gasteiger partial charge in [-0.1, -0.05) is 48.0 Å². The van der Waals surface area contributed by atoms with Crippen LogP contribution in [-0.4, -0.2) is 22.6 Å². The number of thioether (sulfide) groups is 1. The molecule has 3 aromatic carbocycles. The topological polar surface area (TPSA) is 71.1 Å². The molecule has 8 heteroatoms. The fourth-order valence-corrected chi connectivity index (χ4v) is 4.70. The maximum absolute atomic E-state index is 12.5. The average Bonchev–Trinajstić information content (AvgIpc) is 3.27. The van der Waals surface area contributed by atoms with Gasteiger partial charge in [-0.2, -0.15) is 0 Å². The van der Waals surface area contributed by atoms with Gasteiger partial charge >= 0.3 is 0 Å². The van der Waals surface area contributed by atoms with Crippen molar-refractivity contribution in [2.75, 3.05) is 16.4 Å². The van der Waals surface area contributed by atoms with E-state index in [2.05, 4.69) is 15.6 Å². The molecular formula is C25H20ClN3O2S2.